The molecule has 0 fully saturated rings. The van der Waals surface area contributed by atoms with Crippen molar-refractivity contribution in [1.82, 2.24) is 4.90 Å². The highest BCUT2D eigenvalue weighted by Gasteiger charge is 2.24. The molecule has 4 nitrogen and oxygen atoms in total. The molecule has 1 N–H and O–H groups in total. The minimum Gasteiger partial charge on any atom is -0.478 e. The molecule has 0 atom stereocenters. The molecule has 104 valence electrons. The number of aryl methyl sites for hydroxylation is 2. The maximum Gasteiger partial charge on any atom is 0.336 e. The molecule has 0 spiro atoms. The first-order valence-electron chi connectivity index (χ1n) is 6.56. The van der Waals surface area contributed by atoms with Crippen molar-refractivity contribution in [2.45, 2.75) is 34.1 Å². The third-order valence-electron chi connectivity index (χ3n) is 3.21. The third-order valence-corrected chi connectivity index (χ3v) is 3.21. The van der Waals surface area contributed by atoms with Gasteiger partial charge in [-0.25, -0.2) is 4.79 Å². The summed E-state index contributed by atoms with van der Waals surface area (Å²) in [5.41, 5.74) is 1.78. The van der Waals surface area contributed by atoms with Crippen LogP contribution in [0, 0.1) is 13.8 Å². The quantitative estimate of drug-likeness (QED) is 0.888. The second kappa shape index (κ2) is 6.36. The number of carbonyl (C=O) groups excluding carboxylic acids is 1. The van der Waals surface area contributed by atoms with Crippen molar-refractivity contribution in [3.05, 3.63) is 34.4 Å². The molecular formula is C15H21NO3. The number of rotatable bonds is 5. The molecular weight excluding hydrogens is 242 g/mol. The van der Waals surface area contributed by atoms with E-state index in [0.717, 1.165) is 6.42 Å². The molecule has 0 aromatic heterocycles. The van der Waals surface area contributed by atoms with Gasteiger partial charge in [-0.3, -0.25) is 4.79 Å². The van der Waals surface area contributed by atoms with Crippen LogP contribution in [0.1, 0.15) is 52.1 Å². The number of hydrogen-bond acceptors (Lipinski definition) is 2. The Bertz CT molecular complexity index is 494. The van der Waals surface area contributed by atoms with Crippen LogP contribution in [-0.4, -0.2) is 35.0 Å². The van der Waals surface area contributed by atoms with Crippen molar-refractivity contribution in [2.24, 2.45) is 0 Å². The molecule has 4 heteroatoms. The Morgan fingerprint density at radius 2 is 1.63 bits per heavy atom. The van der Waals surface area contributed by atoms with Gasteiger partial charge in [-0.15, -0.1) is 0 Å². The summed E-state index contributed by atoms with van der Waals surface area (Å²) in [6, 6.07) is 3.54. The van der Waals surface area contributed by atoms with E-state index in [-0.39, 0.29) is 11.5 Å². The van der Waals surface area contributed by atoms with Gasteiger partial charge in [0, 0.05) is 13.1 Å². The molecule has 1 aromatic rings. The highest BCUT2D eigenvalue weighted by Crippen LogP contribution is 2.21. The van der Waals surface area contributed by atoms with Crippen molar-refractivity contribution in [1.29, 1.82) is 0 Å². The molecule has 0 saturated carbocycles. The Morgan fingerprint density at radius 1 is 1.11 bits per heavy atom. The van der Waals surface area contributed by atoms with E-state index in [4.69, 9.17) is 0 Å². The van der Waals surface area contributed by atoms with Gasteiger partial charge in [0.05, 0.1) is 11.1 Å². The summed E-state index contributed by atoms with van der Waals surface area (Å²) in [7, 11) is 0. The molecule has 0 unspecified atom stereocenters. The standard InChI is InChI=1S/C15H21NO3/c1-5-9-16(6-2)14(17)12-10(3)7-8-11(4)13(12)15(18)19/h7-8H,5-6,9H2,1-4H3,(H,18,19). The van der Waals surface area contributed by atoms with Crippen LogP contribution in [0.2, 0.25) is 0 Å². The average molecular weight is 263 g/mol. The van der Waals surface area contributed by atoms with Gasteiger partial charge in [0.25, 0.3) is 5.91 Å². The van der Waals surface area contributed by atoms with E-state index in [0.29, 0.717) is 29.8 Å². The third kappa shape index (κ3) is 3.13. The Balaban J connectivity index is 3.36. The molecule has 1 rings (SSSR count). The van der Waals surface area contributed by atoms with Gasteiger partial charge in [-0.2, -0.15) is 0 Å². The number of benzene rings is 1. The molecule has 1 amide bonds. The molecule has 0 aliphatic rings. The summed E-state index contributed by atoms with van der Waals surface area (Å²) in [5.74, 6) is -1.24. The molecule has 0 saturated heterocycles. The first kappa shape index (κ1) is 15.2. The van der Waals surface area contributed by atoms with E-state index in [9.17, 15) is 14.7 Å². The van der Waals surface area contributed by atoms with Gasteiger partial charge in [-0.05, 0) is 38.3 Å². The zero-order valence-corrected chi connectivity index (χ0v) is 12.0. The fourth-order valence-corrected chi connectivity index (χ4v) is 2.19. The zero-order valence-electron chi connectivity index (χ0n) is 12.0. The van der Waals surface area contributed by atoms with Crippen molar-refractivity contribution in [2.75, 3.05) is 13.1 Å². The maximum absolute atomic E-state index is 12.5. The largest absolute Gasteiger partial charge is 0.478 e. The lowest BCUT2D eigenvalue weighted by atomic mass is 9.96. The Kier molecular flexibility index (Phi) is 5.10. The number of aromatic carboxylic acids is 1. The van der Waals surface area contributed by atoms with Gasteiger partial charge in [0.2, 0.25) is 0 Å². The van der Waals surface area contributed by atoms with Crippen LogP contribution in [0.25, 0.3) is 0 Å². The van der Waals surface area contributed by atoms with Gasteiger partial charge in [0.15, 0.2) is 0 Å². The molecule has 0 aliphatic heterocycles. The van der Waals surface area contributed by atoms with Gasteiger partial charge in [-0.1, -0.05) is 19.1 Å². The van der Waals surface area contributed by atoms with Crippen LogP contribution >= 0.6 is 0 Å². The molecule has 19 heavy (non-hydrogen) atoms. The summed E-state index contributed by atoms with van der Waals surface area (Å²) in [5, 5.41) is 9.33. The lowest BCUT2D eigenvalue weighted by Gasteiger charge is -2.22. The number of nitrogens with zero attached hydrogens (tertiary/aromatic N) is 1. The first-order chi connectivity index (χ1) is 8.93. The first-order valence-corrected chi connectivity index (χ1v) is 6.56. The molecule has 1 aromatic carbocycles. The average Bonchev–Trinajstić information content (AvgIpc) is 2.37. The molecule has 0 bridgehead atoms. The second-order valence-electron chi connectivity index (χ2n) is 4.64. The van der Waals surface area contributed by atoms with Crippen LogP contribution in [-0.2, 0) is 0 Å². The van der Waals surface area contributed by atoms with E-state index in [2.05, 4.69) is 0 Å². The van der Waals surface area contributed by atoms with Crippen molar-refractivity contribution in [3.8, 4) is 0 Å². The number of carboxylic acid groups (broad SMARTS) is 1. The number of carboxylic acids is 1. The van der Waals surface area contributed by atoms with E-state index >= 15 is 0 Å². The summed E-state index contributed by atoms with van der Waals surface area (Å²) in [6.07, 6.45) is 0.854. The van der Waals surface area contributed by atoms with Crippen LogP contribution < -0.4 is 0 Å². The Morgan fingerprint density at radius 3 is 2.05 bits per heavy atom. The summed E-state index contributed by atoms with van der Waals surface area (Å²) in [4.78, 5) is 25.6. The molecule has 0 heterocycles. The summed E-state index contributed by atoms with van der Waals surface area (Å²) < 4.78 is 0. The summed E-state index contributed by atoms with van der Waals surface area (Å²) >= 11 is 0. The Labute approximate surface area is 114 Å². The van der Waals surface area contributed by atoms with Gasteiger partial charge >= 0.3 is 5.97 Å². The second-order valence-corrected chi connectivity index (χ2v) is 4.64. The van der Waals surface area contributed by atoms with Crippen LogP contribution in [0.5, 0.6) is 0 Å². The summed E-state index contributed by atoms with van der Waals surface area (Å²) in [6.45, 7) is 8.62. The van der Waals surface area contributed by atoms with E-state index < -0.39 is 5.97 Å². The monoisotopic (exact) mass is 263 g/mol. The van der Waals surface area contributed by atoms with E-state index in [1.807, 2.05) is 13.8 Å². The molecule has 0 aliphatic carbocycles. The number of hydrogen-bond donors (Lipinski definition) is 1. The van der Waals surface area contributed by atoms with Crippen LogP contribution in [0.3, 0.4) is 0 Å². The highest BCUT2D eigenvalue weighted by molar-refractivity contribution is 6.06. The van der Waals surface area contributed by atoms with Gasteiger partial charge in [0.1, 0.15) is 0 Å². The lowest BCUT2D eigenvalue weighted by molar-refractivity contribution is 0.0675. The van der Waals surface area contributed by atoms with Crippen molar-refractivity contribution < 1.29 is 14.7 Å². The maximum atomic E-state index is 12.5. The minimum absolute atomic E-state index is 0.125. The number of amides is 1. The van der Waals surface area contributed by atoms with Crippen molar-refractivity contribution >= 4 is 11.9 Å². The zero-order chi connectivity index (χ0) is 14.6. The fourth-order valence-electron chi connectivity index (χ4n) is 2.19. The highest BCUT2D eigenvalue weighted by atomic mass is 16.4. The molecule has 0 radical (unpaired) electrons. The Hall–Kier alpha value is -1.84. The predicted molar refractivity (Wildman–Crippen MR) is 74.7 cm³/mol. The van der Waals surface area contributed by atoms with E-state index in [1.165, 1.54) is 0 Å². The normalized spacial score (nSPS) is 10.3. The smallest absolute Gasteiger partial charge is 0.336 e. The fraction of sp³-hybridized carbons (Fsp3) is 0.467. The van der Waals surface area contributed by atoms with Crippen LogP contribution in [0.15, 0.2) is 12.1 Å². The topological polar surface area (TPSA) is 57.6 Å². The van der Waals surface area contributed by atoms with Crippen molar-refractivity contribution in [3.63, 3.8) is 0 Å². The predicted octanol–water partition coefficient (Wildman–Crippen LogP) is 2.87. The van der Waals surface area contributed by atoms with Crippen LogP contribution in [0.4, 0.5) is 0 Å². The van der Waals surface area contributed by atoms with Gasteiger partial charge < -0.3 is 10.0 Å². The lowest BCUT2D eigenvalue weighted by Crippen LogP contribution is -2.33. The minimum atomic E-state index is -1.04. The van der Waals surface area contributed by atoms with E-state index in [1.54, 1.807) is 30.9 Å². The number of carbonyl (C=O) groups is 2. The SMILES string of the molecule is CCCN(CC)C(=O)c1c(C)ccc(C)c1C(=O)O.